The molecule has 1 aromatic carbocycles. The maximum Gasteiger partial charge on any atom is 0.274 e. The molecule has 1 atom stereocenters. The minimum atomic E-state index is -0.553. The molecule has 0 bridgehead atoms. The number of nitro benzene ring substituents is 1. The molecule has 1 aromatic rings. The van der Waals surface area contributed by atoms with Gasteiger partial charge >= 0.3 is 0 Å². The maximum absolute atomic E-state index is 13.4. The van der Waals surface area contributed by atoms with Crippen molar-refractivity contribution in [1.29, 1.82) is 0 Å². The number of hydrogen-bond donors (Lipinski definition) is 0. The fraction of sp³-hybridized carbons (Fsp3) is 0.538. The summed E-state index contributed by atoms with van der Waals surface area (Å²) in [6.45, 7) is 6.02. The van der Waals surface area contributed by atoms with Crippen molar-refractivity contribution in [3.63, 3.8) is 0 Å². The predicted octanol–water partition coefficient (Wildman–Crippen LogP) is 3.22. The standard InChI is InChI=1S/C13H17FN2O2/c1-9(2)10-3-4-15(8-10)12-5-11(14)6-13(7-12)16(17)18/h5-7,9-10H,3-4,8H2,1-2H3. The molecule has 1 fully saturated rings. The van der Waals surface area contributed by atoms with E-state index >= 15 is 0 Å². The Kier molecular flexibility index (Phi) is 3.50. The van der Waals surface area contributed by atoms with Gasteiger partial charge in [0.15, 0.2) is 0 Å². The van der Waals surface area contributed by atoms with E-state index in [0.29, 0.717) is 17.5 Å². The van der Waals surface area contributed by atoms with Gasteiger partial charge in [-0.05, 0) is 24.3 Å². The van der Waals surface area contributed by atoms with Gasteiger partial charge in [0, 0.05) is 24.8 Å². The number of hydrogen-bond acceptors (Lipinski definition) is 3. The third-order valence-corrected chi connectivity index (χ3v) is 3.61. The lowest BCUT2D eigenvalue weighted by Crippen LogP contribution is -2.21. The minimum absolute atomic E-state index is 0.182. The molecule has 0 spiro atoms. The van der Waals surface area contributed by atoms with Crippen LogP contribution in [0, 0.1) is 27.8 Å². The van der Waals surface area contributed by atoms with Gasteiger partial charge in [-0.25, -0.2) is 4.39 Å². The van der Waals surface area contributed by atoms with Crippen LogP contribution in [0.1, 0.15) is 20.3 Å². The first kappa shape index (κ1) is 12.8. The third kappa shape index (κ3) is 2.60. The van der Waals surface area contributed by atoms with Crippen LogP contribution in [0.5, 0.6) is 0 Å². The van der Waals surface area contributed by atoms with Crippen LogP contribution >= 0.6 is 0 Å². The highest BCUT2D eigenvalue weighted by Crippen LogP contribution is 2.30. The number of benzene rings is 1. The molecule has 2 rings (SSSR count). The molecule has 1 saturated heterocycles. The molecule has 1 aliphatic rings. The van der Waals surface area contributed by atoms with Crippen LogP contribution in [-0.4, -0.2) is 18.0 Å². The summed E-state index contributed by atoms with van der Waals surface area (Å²) in [5.41, 5.74) is 0.433. The minimum Gasteiger partial charge on any atom is -0.371 e. The Morgan fingerprint density at radius 3 is 2.72 bits per heavy atom. The quantitative estimate of drug-likeness (QED) is 0.613. The molecule has 0 saturated carbocycles. The molecule has 0 aliphatic carbocycles. The summed E-state index contributed by atoms with van der Waals surface area (Å²) < 4.78 is 13.4. The topological polar surface area (TPSA) is 46.4 Å². The molecule has 18 heavy (non-hydrogen) atoms. The number of rotatable bonds is 3. The van der Waals surface area contributed by atoms with Gasteiger partial charge in [0.1, 0.15) is 5.82 Å². The molecular formula is C13H17FN2O2. The van der Waals surface area contributed by atoms with Crippen molar-refractivity contribution in [2.75, 3.05) is 18.0 Å². The monoisotopic (exact) mass is 252 g/mol. The van der Waals surface area contributed by atoms with E-state index in [-0.39, 0.29) is 5.69 Å². The zero-order valence-electron chi connectivity index (χ0n) is 10.6. The smallest absolute Gasteiger partial charge is 0.274 e. The van der Waals surface area contributed by atoms with Gasteiger partial charge in [-0.15, -0.1) is 0 Å². The lowest BCUT2D eigenvalue weighted by Gasteiger charge is -2.19. The number of nitrogens with zero attached hydrogens (tertiary/aromatic N) is 2. The fourth-order valence-corrected chi connectivity index (χ4v) is 2.41. The Balaban J connectivity index is 2.21. The molecule has 0 N–H and O–H groups in total. The van der Waals surface area contributed by atoms with Crippen LogP contribution in [0.4, 0.5) is 15.8 Å². The molecule has 0 aromatic heterocycles. The zero-order chi connectivity index (χ0) is 13.3. The van der Waals surface area contributed by atoms with Gasteiger partial charge < -0.3 is 4.90 Å². The molecule has 4 nitrogen and oxygen atoms in total. The summed E-state index contributed by atoms with van der Waals surface area (Å²) in [7, 11) is 0. The summed E-state index contributed by atoms with van der Waals surface area (Å²) in [6.07, 6.45) is 1.06. The first-order valence-electron chi connectivity index (χ1n) is 6.17. The van der Waals surface area contributed by atoms with Crippen LogP contribution in [-0.2, 0) is 0 Å². The van der Waals surface area contributed by atoms with Crippen molar-refractivity contribution in [3.05, 3.63) is 34.1 Å². The van der Waals surface area contributed by atoms with Gasteiger partial charge in [0.2, 0.25) is 0 Å². The highest BCUT2D eigenvalue weighted by Gasteiger charge is 2.26. The Hall–Kier alpha value is -1.65. The van der Waals surface area contributed by atoms with Gasteiger partial charge in [-0.1, -0.05) is 13.8 Å². The van der Waals surface area contributed by atoms with E-state index in [2.05, 4.69) is 13.8 Å². The van der Waals surface area contributed by atoms with Crippen molar-refractivity contribution in [2.24, 2.45) is 11.8 Å². The van der Waals surface area contributed by atoms with Crippen LogP contribution in [0.3, 0.4) is 0 Å². The van der Waals surface area contributed by atoms with Crippen molar-refractivity contribution < 1.29 is 9.31 Å². The summed E-state index contributed by atoms with van der Waals surface area (Å²) in [4.78, 5) is 12.2. The molecule has 1 aliphatic heterocycles. The van der Waals surface area contributed by atoms with Crippen molar-refractivity contribution in [3.8, 4) is 0 Å². The molecule has 0 amide bonds. The summed E-state index contributed by atoms with van der Waals surface area (Å²) in [5.74, 6) is 0.609. The molecule has 1 heterocycles. The molecule has 0 radical (unpaired) electrons. The Labute approximate surface area is 106 Å². The lowest BCUT2D eigenvalue weighted by molar-refractivity contribution is -0.385. The Morgan fingerprint density at radius 1 is 1.44 bits per heavy atom. The summed E-state index contributed by atoms with van der Waals surface area (Å²) in [5, 5.41) is 10.7. The Morgan fingerprint density at radius 2 is 2.17 bits per heavy atom. The SMILES string of the molecule is CC(C)C1CCN(c2cc(F)cc([N+](=O)[O-])c2)C1. The van der Waals surface area contributed by atoms with Crippen LogP contribution in [0.15, 0.2) is 18.2 Å². The van der Waals surface area contributed by atoms with Crippen molar-refractivity contribution in [2.45, 2.75) is 20.3 Å². The van der Waals surface area contributed by atoms with Crippen molar-refractivity contribution in [1.82, 2.24) is 0 Å². The van der Waals surface area contributed by atoms with Crippen LogP contribution < -0.4 is 4.90 Å². The van der Waals surface area contributed by atoms with Crippen molar-refractivity contribution >= 4 is 11.4 Å². The first-order chi connectivity index (χ1) is 8.47. The average molecular weight is 252 g/mol. The fourth-order valence-electron chi connectivity index (χ4n) is 2.41. The summed E-state index contributed by atoms with van der Waals surface area (Å²) >= 11 is 0. The number of non-ortho nitro benzene ring substituents is 1. The van der Waals surface area contributed by atoms with E-state index < -0.39 is 10.7 Å². The second-order valence-electron chi connectivity index (χ2n) is 5.16. The first-order valence-corrected chi connectivity index (χ1v) is 6.17. The van der Waals surface area contributed by atoms with E-state index in [4.69, 9.17) is 0 Å². The van der Waals surface area contributed by atoms with Gasteiger partial charge in [0.05, 0.1) is 11.0 Å². The van der Waals surface area contributed by atoms with Gasteiger partial charge in [0.25, 0.3) is 5.69 Å². The van der Waals surface area contributed by atoms with Crippen LogP contribution in [0.25, 0.3) is 0 Å². The van der Waals surface area contributed by atoms with E-state index in [1.54, 1.807) is 0 Å². The lowest BCUT2D eigenvalue weighted by atomic mass is 9.95. The highest BCUT2D eigenvalue weighted by molar-refractivity contribution is 5.54. The zero-order valence-corrected chi connectivity index (χ0v) is 10.6. The second kappa shape index (κ2) is 4.92. The average Bonchev–Trinajstić information content (AvgIpc) is 2.77. The number of nitro groups is 1. The number of halogens is 1. The Bertz CT molecular complexity index is 462. The number of anilines is 1. The molecule has 1 unspecified atom stereocenters. The largest absolute Gasteiger partial charge is 0.371 e. The van der Waals surface area contributed by atoms with E-state index in [9.17, 15) is 14.5 Å². The summed E-state index contributed by atoms with van der Waals surface area (Å²) in [6, 6.07) is 3.78. The molecule has 98 valence electrons. The van der Waals surface area contributed by atoms with E-state index in [1.807, 2.05) is 4.90 Å². The van der Waals surface area contributed by atoms with Gasteiger partial charge in [-0.2, -0.15) is 0 Å². The van der Waals surface area contributed by atoms with Gasteiger partial charge in [-0.3, -0.25) is 10.1 Å². The highest BCUT2D eigenvalue weighted by atomic mass is 19.1. The van der Waals surface area contributed by atoms with E-state index in [0.717, 1.165) is 25.6 Å². The third-order valence-electron chi connectivity index (χ3n) is 3.61. The molecular weight excluding hydrogens is 235 g/mol. The maximum atomic E-state index is 13.4. The van der Waals surface area contributed by atoms with Crippen LogP contribution in [0.2, 0.25) is 0 Å². The predicted molar refractivity (Wildman–Crippen MR) is 68.2 cm³/mol. The second-order valence-corrected chi connectivity index (χ2v) is 5.16. The normalized spacial score (nSPS) is 19.6. The molecule has 5 heteroatoms. The van der Waals surface area contributed by atoms with E-state index in [1.165, 1.54) is 12.1 Å².